The van der Waals surface area contributed by atoms with Crippen LogP contribution in [0.2, 0.25) is 0 Å². The number of esters is 1. The topological polar surface area (TPSA) is 55.4 Å². The molecule has 0 saturated heterocycles. The second kappa shape index (κ2) is 7.92. The Morgan fingerprint density at radius 2 is 1.91 bits per heavy atom. The zero-order chi connectivity index (χ0) is 16.8. The summed E-state index contributed by atoms with van der Waals surface area (Å²) >= 11 is 1.25. The van der Waals surface area contributed by atoms with Crippen LogP contribution in [-0.2, 0) is 9.53 Å². The fourth-order valence-electron chi connectivity index (χ4n) is 2.41. The highest BCUT2D eigenvalue weighted by Gasteiger charge is 2.21. The molecule has 0 aliphatic carbocycles. The minimum absolute atomic E-state index is 0.0599. The van der Waals surface area contributed by atoms with Crippen LogP contribution in [0.5, 0.6) is 0 Å². The van der Waals surface area contributed by atoms with E-state index in [0.717, 1.165) is 11.1 Å². The van der Waals surface area contributed by atoms with Gasteiger partial charge < -0.3 is 10.1 Å². The van der Waals surface area contributed by atoms with Gasteiger partial charge in [0.25, 0.3) is 0 Å². The van der Waals surface area contributed by atoms with Crippen LogP contribution in [0.25, 0.3) is 0 Å². The van der Waals surface area contributed by atoms with E-state index in [1.165, 1.54) is 11.3 Å². The summed E-state index contributed by atoms with van der Waals surface area (Å²) in [6.45, 7) is 5.94. The Balaban J connectivity index is 2.13. The lowest BCUT2D eigenvalue weighted by Gasteiger charge is -2.14. The monoisotopic (exact) mass is 331 g/mol. The second-order valence-corrected chi connectivity index (χ2v) is 6.26. The van der Waals surface area contributed by atoms with Crippen molar-refractivity contribution in [2.45, 2.75) is 33.1 Å². The van der Waals surface area contributed by atoms with E-state index in [1.54, 1.807) is 6.92 Å². The molecule has 1 aromatic heterocycles. The normalized spacial score (nSPS) is 11.8. The van der Waals surface area contributed by atoms with Gasteiger partial charge in [0.1, 0.15) is 4.88 Å². The summed E-state index contributed by atoms with van der Waals surface area (Å²) in [5.74, 6) is -0.606. The van der Waals surface area contributed by atoms with E-state index in [1.807, 2.05) is 50.2 Å². The predicted octanol–water partition coefficient (Wildman–Crippen LogP) is 4.37. The number of hydrogen-bond acceptors (Lipinski definition) is 4. The lowest BCUT2D eigenvalue weighted by Crippen LogP contribution is -2.20. The molecule has 23 heavy (non-hydrogen) atoms. The average Bonchev–Trinajstić information content (AvgIpc) is 2.90. The van der Waals surface area contributed by atoms with Crippen molar-refractivity contribution in [2.24, 2.45) is 0 Å². The Bertz CT molecular complexity index is 679. The van der Waals surface area contributed by atoms with Gasteiger partial charge >= 0.3 is 5.97 Å². The Morgan fingerprint density at radius 1 is 1.22 bits per heavy atom. The summed E-state index contributed by atoms with van der Waals surface area (Å²) < 4.78 is 5.02. The van der Waals surface area contributed by atoms with Gasteiger partial charge in [-0.3, -0.25) is 4.79 Å². The van der Waals surface area contributed by atoms with Gasteiger partial charge in [-0.05, 0) is 37.5 Å². The molecule has 1 amide bonds. The highest BCUT2D eigenvalue weighted by molar-refractivity contribution is 7.18. The molecule has 1 aromatic carbocycles. The van der Waals surface area contributed by atoms with Crippen molar-refractivity contribution in [3.05, 3.63) is 52.4 Å². The van der Waals surface area contributed by atoms with E-state index in [4.69, 9.17) is 4.74 Å². The van der Waals surface area contributed by atoms with Gasteiger partial charge in [-0.1, -0.05) is 37.3 Å². The van der Waals surface area contributed by atoms with Gasteiger partial charge in [0.2, 0.25) is 5.91 Å². The van der Waals surface area contributed by atoms with Crippen molar-refractivity contribution < 1.29 is 14.3 Å². The standard InChI is InChI=1S/C18H21NO3S/c1-4-14(13-9-7-6-8-10-13)17(20)19-15-11-12(3)16(23-15)18(21)22-5-2/h6-11,14H,4-5H2,1-3H3,(H,19,20)/t14-/m1/s1. The summed E-state index contributed by atoms with van der Waals surface area (Å²) in [7, 11) is 0. The van der Waals surface area contributed by atoms with Crippen LogP contribution in [0.1, 0.15) is 47.0 Å². The zero-order valence-corrected chi connectivity index (χ0v) is 14.4. The number of ether oxygens (including phenoxy) is 1. The summed E-state index contributed by atoms with van der Waals surface area (Å²) in [6, 6.07) is 11.5. The number of amides is 1. The number of hydrogen-bond donors (Lipinski definition) is 1. The summed E-state index contributed by atoms with van der Waals surface area (Å²) in [5.41, 5.74) is 1.81. The minimum Gasteiger partial charge on any atom is -0.462 e. The Labute approximate surface area is 140 Å². The van der Waals surface area contributed by atoms with E-state index >= 15 is 0 Å². The maximum absolute atomic E-state index is 12.5. The molecule has 0 radical (unpaired) electrons. The summed E-state index contributed by atoms with van der Waals surface area (Å²) in [4.78, 5) is 24.9. The van der Waals surface area contributed by atoms with Gasteiger partial charge in [-0.2, -0.15) is 0 Å². The smallest absolute Gasteiger partial charge is 0.348 e. The first-order chi connectivity index (χ1) is 11.1. The third kappa shape index (κ3) is 4.20. The Morgan fingerprint density at radius 3 is 2.52 bits per heavy atom. The highest BCUT2D eigenvalue weighted by atomic mass is 32.1. The van der Waals surface area contributed by atoms with Gasteiger partial charge in [0, 0.05) is 0 Å². The van der Waals surface area contributed by atoms with Crippen molar-refractivity contribution in [2.75, 3.05) is 11.9 Å². The Kier molecular flexibility index (Phi) is 5.93. The number of thiophene rings is 1. The van der Waals surface area contributed by atoms with Crippen LogP contribution in [-0.4, -0.2) is 18.5 Å². The van der Waals surface area contributed by atoms with Crippen molar-refractivity contribution in [3.8, 4) is 0 Å². The molecule has 2 aromatic rings. The van der Waals surface area contributed by atoms with Crippen molar-refractivity contribution in [1.29, 1.82) is 0 Å². The molecule has 0 unspecified atom stereocenters. The lowest BCUT2D eigenvalue weighted by molar-refractivity contribution is -0.117. The molecule has 1 atom stereocenters. The average molecular weight is 331 g/mol. The van der Waals surface area contributed by atoms with E-state index in [9.17, 15) is 9.59 Å². The van der Waals surface area contributed by atoms with E-state index in [2.05, 4.69) is 5.32 Å². The van der Waals surface area contributed by atoms with Crippen LogP contribution in [0.15, 0.2) is 36.4 Å². The maximum Gasteiger partial charge on any atom is 0.348 e. The van der Waals surface area contributed by atoms with E-state index in [0.29, 0.717) is 22.9 Å². The molecule has 5 heteroatoms. The molecule has 122 valence electrons. The Hall–Kier alpha value is -2.14. The highest BCUT2D eigenvalue weighted by Crippen LogP contribution is 2.29. The third-order valence-corrected chi connectivity index (χ3v) is 4.68. The fourth-order valence-corrected chi connectivity index (χ4v) is 3.38. The van der Waals surface area contributed by atoms with Crippen LogP contribution >= 0.6 is 11.3 Å². The molecule has 1 heterocycles. The maximum atomic E-state index is 12.5. The molecule has 0 bridgehead atoms. The van der Waals surface area contributed by atoms with Gasteiger partial charge in [0.15, 0.2) is 0 Å². The number of nitrogens with one attached hydrogen (secondary N) is 1. The first-order valence-electron chi connectivity index (χ1n) is 7.70. The number of aryl methyl sites for hydroxylation is 1. The first kappa shape index (κ1) is 17.2. The summed E-state index contributed by atoms with van der Waals surface area (Å²) in [6.07, 6.45) is 0.713. The quantitative estimate of drug-likeness (QED) is 0.800. The largest absolute Gasteiger partial charge is 0.462 e. The molecule has 4 nitrogen and oxygen atoms in total. The second-order valence-electron chi connectivity index (χ2n) is 5.20. The first-order valence-corrected chi connectivity index (χ1v) is 8.51. The fraction of sp³-hybridized carbons (Fsp3) is 0.333. The number of benzene rings is 1. The molecule has 0 aliphatic heterocycles. The van der Waals surface area contributed by atoms with Gasteiger partial charge in [-0.25, -0.2) is 4.79 Å². The third-order valence-electron chi connectivity index (χ3n) is 3.55. The molecular formula is C18H21NO3S. The van der Waals surface area contributed by atoms with Crippen LogP contribution in [0.3, 0.4) is 0 Å². The van der Waals surface area contributed by atoms with Gasteiger partial charge in [0.05, 0.1) is 17.5 Å². The molecule has 0 aliphatic rings. The SMILES string of the molecule is CCOC(=O)c1sc(NC(=O)[C@H](CC)c2ccccc2)cc1C. The predicted molar refractivity (Wildman–Crippen MR) is 93.1 cm³/mol. The molecule has 0 saturated carbocycles. The molecule has 0 fully saturated rings. The van der Waals surface area contributed by atoms with Crippen molar-refractivity contribution in [3.63, 3.8) is 0 Å². The zero-order valence-electron chi connectivity index (χ0n) is 13.6. The van der Waals surface area contributed by atoms with E-state index in [-0.39, 0.29) is 17.8 Å². The number of anilines is 1. The summed E-state index contributed by atoms with van der Waals surface area (Å²) in [5, 5.41) is 3.59. The van der Waals surface area contributed by atoms with Gasteiger partial charge in [-0.15, -0.1) is 11.3 Å². The van der Waals surface area contributed by atoms with Crippen molar-refractivity contribution >= 4 is 28.2 Å². The van der Waals surface area contributed by atoms with Crippen molar-refractivity contribution in [1.82, 2.24) is 0 Å². The molecular weight excluding hydrogens is 310 g/mol. The van der Waals surface area contributed by atoms with E-state index < -0.39 is 0 Å². The minimum atomic E-state index is -0.342. The molecule has 1 N–H and O–H groups in total. The van der Waals surface area contributed by atoms with Crippen LogP contribution < -0.4 is 5.32 Å². The number of carbonyl (C=O) groups is 2. The number of rotatable bonds is 6. The molecule has 2 rings (SSSR count). The lowest BCUT2D eigenvalue weighted by atomic mass is 9.96. The number of carbonyl (C=O) groups excluding carboxylic acids is 2. The molecule has 0 spiro atoms. The van der Waals surface area contributed by atoms with Crippen LogP contribution in [0.4, 0.5) is 5.00 Å². The van der Waals surface area contributed by atoms with Crippen LogP contribution in [0, 0.1) is 6.92 Å².